The van der Waals surface area contributed by atoms with E-state index in [0.717, 1.165) is 4.47 Å². The Morgan fingerprint density at radius 3 is 2.92 bits per heavy atom. The summed E-state index contributed by atoms with van der Waals surface area (Å²) in [5.41, 5.74) is 3.15. The van der Waals surface area contributed by atoms with Crippen LogP contribution in [0.1, 0.15) is 5.56 Å². The Bertz CT molecular complexity index is 265. The van der Waals surface area contributed by atoms with Gasteiger partial charge in [0.25, 0.3) is 0 Å². The second-order valence-corrected chi connectivity index (χ2v) is 3.36. The van der Waals surface area contributed by atoms with Crippen LogP contribution in [0.15, 0.2) is 22.7 Å². The molecule has 1 aromatic carbocycles. The summed E-state index contributed by atoms with van der Waals surface area (Å²) < 4.78 is 13.9. The molecule has 4 heteroatoms. The normalized spacial score (nSPS) is 10.2. The molecule has 12 heavy (non-hydrogen) atoms. The van der Waals surface area contributed by atoms with Gasteiger partial charge in [0.1, 0.15) is 5.82 Å². The minimum absolute atomic E-state index is 0.187. The van der Waals surface area contributed by atoms with Crippen LogP contribution in [0.25, 0.3) is 0 Å². The molecule has 0 radical (unpaired) electrons. The van der Waals surface area contributed by atoms with Crippen LogP contribution in [0.5, 0.6) is 0 Å². The fourth-order valence-electron chi connectivity index (χ4n) is 0.942. The number of rotatable bonds is 3. The van der Waals surface area contributed by atoms with Crippen LogP contribution in [0.4, 0.5) is 4.39 Å². The van der Waals surface area contributed by atoms with Crippen molar-refractivity contribution in [3.05, 3.63) is 34.1 Å². The standard InChI is InChI=1S/C8H10BrFN2/c9-7-1-2-8(10)6(5-7)3-4-12-11/h1-2,5,12H,3-4,11H2. The van der Waals surface area contributed by atoms with Gasteiger partial charge in [0.2, 0.25) is 0 Å². The van der Waals surface area contributed by atoms with Crippen molar-refractivity contribution in [1.29, 1.82) is 0 Å². The lowest BCUT2D eigenvalue weighted by atomic mass is 10.1. The number of halogens is 2. The van der Waals surface area contributed by atoms with Crippen LogP contribution < -0.4 is 11.3 Å². The van der Waals surface area contributed by atoms with Crippen molar-refractivity contribution in [2.75, 3.05) is 6.54 Å². The van der Waals surface area contributed by atoms with Crippen molar-refractivity contribution in [1.82, 2.24) is 5.43 Å². The molecule has 1 rings (SSSR count). The maximum atomic E-state index is 13.0. The van der Waals surface area contributed by atoms with E-state index in [0.29, 0.717) is 18.5 Å². The molecular formula is C8H10BrFN2. The Morgan fingerprint density at radius 1 is 1.50 bits per heavy atom. The highest BCUT2D eigenvalue weighted by Crippen LogP contribution is 2.15. The molecule has 0 saturated heterocycles. The third-order valence-corrected chi connectivity index (χ3v) is 2.04. The molecule has 0 unspecified atom stereocenters. The van der Waals surface area contributed by atoms with E-state index in [1.807, 2.05) is 0 Å². The van der Waals surface area contributed by atoms with E-state index in [1.54, 1.807) is 12.1 Å². The molecule has 0 aromatic heterocycles. The summed E-state index contributed by atoms with van der Waals surface area (Å²) in [5.74, 6) is 4.89. The van der Waals surface area contributed by atoms with Gasteiger partial charge >= 0.3 is 0 Å². The summed E-state index contributed by atoms with van der Waals surface area (Å²) in [7, 11) is 0. The fourth-order valence-corrected chi connectivity index (χ4v) is 1.35. The molecule has 0 aliphatic heterocycles. The van der Waals surface area contributed by atoms with Gasteiger partial charge in [-0.2, -0.15) is 0 Å². The van der Waals surface area contributed by atoms with Gasteiger partial charge in [0.05, 0.1) is 0 Å². The van der Waals surface area contributed by atoms with E-state index in [4.69, 9.17) is 5.84 Å². The Kier molecular flexibility index (Phi) is 3.65. The monoisotopic (exact) mass is 232 g/mol. The topological polar surface area (TPSA) is 38.0 Å². The molecular weight excluding hydrogens is 223 g/mol. The highest BCUT2D eigenvalue weighted by Gasteiger charge is 2.01. The number of nitrogens with one attached hydrogen (secondary N) is 1. The summed E-state index contributed by atoms with van der Waals surface area (Å²) >= 11 is 3.27. The lowest BCUT2D eigenvalue weighted by Crippen LogP contribution is -2.24. The first-order valence-corrected chi connectivity index (χ1v) is 4.40. The minimum atomic E-state index is -0.187. The van der Waals surface area contributed by atoms with Crippen LogP contribution in [-0.4, -0.2) is 6.54 Å². The van der Waals surface area contributed by atoms with Crippen LogP contribution in [0.2, 0.25) is 0 Å². The molecule has 0 bridgehead atoms. The van der Waals surface area contributed by atoms with Gasteiger partial charge in [-0.3, -0.25) is 11.3 Å². The van der Waals surface area contributed by atoms with Gasteiger partial charge in [-0.25, -0.2) is 4.39 Å². The van der Waals surface area contributed by atoms with E-state index in [2.05, 4.69) is 21.4 Å². The van der Waals surface area contributed by atoms with Gasteiger partial charge in [0.15, 0.2) is 0 Å². The van der Waals surface area contributed by atoms with Crippen molar-refractivity contribution >= 4 is 15.9 Å². The number of hydrazine groups is 1. The summed E-state index contributed by atoms with van der Waals surface area (Å²) in [6.07, 6.45) is 0.599. The molecule has 1 aromatic rings. The van der Waals surface area contributed by atoms with Gasteiger partial charge in [-0.1, -0.05) is 15.9 Å². The smallest absolute Gasteiger partial charge is 0.126 e. The van der Waals surface area contributed by atoms with Crippen molar-refractivity contribution in [2.24, 2.45) is 5.84 Å². The van der Waals surface area contributed by atoms with E-state index in [-0.39, 0.29) is 5.82 Å². The second kappa shape index (κ2) is 4.54. The quantitative estimate of drug-likeness (QED) is 0.614. The Balaban J connectivity index is 2.75. The highest BCUT2D eigenvalue weighted by molar-refractivity contribution is 9.10. The summed E-state index contributed by atoms with van der Waals surface area (Å²) in [4.78, 5) is 0. The summed E-state index contributed by atoms with van der Waals surface area (Å²) in [6, 6.07) is 4.87. The van der Waals surface area contributed by atoms with Crippen molar-refractivity contribution in [3.63, 3.8) is 0 Å². The molecule has 0 amide bonds. The molecule has 0 heterocycles. The number of benzene rings is 1. The van der Waals surface area contributed by atoms with Gasteiger partial charge in [-0.15, -0.1) is 0 Å². The van der Waals surface area contributed by atoms with E-state index >= 15 is 0 Å². The molecule has 0 aliphatic rings. The fraction of sp³-hybridized carbons (Fsp3) is 0.250. The Hall–Kier alpha value is -0.450. The van der Waals surface area contributed by atoms with Crippen LogP contribution in [-0.2, 0) is 6.42 Å². The maximum absolute atomic E-state index is 13.0. The molecule has 0 atom stereocenters. The van der Waals surface area contributed by atoms with Crippen LogP contribution >= 0.6 is 15.9 Å². The average Bonchev–Trinajstić information content (AvgIpc) is 2.07. The van der Waals surface area contributed by atoms with Crippen molar-refractivity contribution < 1.29 is 4.39 Å². The first-order chi connectivity index (χ1) is 5.74. The van der Waals surface area contributed by atoms with Crippen molar-refractivity contribution in [3.8, 4) is 0 Å². The highest BCUT2D eigenvalue weighted by atomic mass is 79.9. The minimum Gasteiger partial charge on any atom is -0.271 e. The third kappa shape index (κ3) is 2.55. The zero-order chi connectivity index (χ0) is 8.97. The SMILES string of the molecule is NNCCc1cc(Br)ccc1F. The Morgan fingerprint density at radius 2 is 2.25 bits per heavy atom. The maximum Gasteiger partial charge on any atom is 0.126 e. The molecule has 66 valence electrons. The number of nitrogens with two attached hydrogens (primary N) is 1. The molecule has 3 N–H and O–H groups in total. The number of hydrogen-bond acceptors (Lipinski definition) is 2. The molecule has 0 fully saturated rings. The van der Waals surface area contributed by atoms with Gasteiger partial charge in [0, 0.05) is 11.0 Å². The Labute approximate surface area is 79.1 Å². The van der Waals surface area contributed by atoms with Crippen LogP contribution in [0.3, 0.4) is 0 Å². The molecule has 0 saturated carbocycles. The second-order valence-electron chi connectivity index (χ2n) is 2.44. The molecule has 0 spiro atoms. The summed E-state index contributed by atoms with van der Waals surface area (Å²) in [5, 5.41) is 0. The van der Waals surface area contributed by atoms with E-state index in [9.17, 15) is 4.39 Å². The lowest BCUT2D eigenvalue weighted by molar-refractivity contribution is 0.601. The average molecular weight is 233 g/mol. The molecule has 0 aliphatic carbocycles. The number of hydrogen-bond donors (Lipinski definition) is 2. The van der Waals surface area contributed by atoms with Gasteiger partial charge in [-0.05, 0) is 30.2 Å². The first kappa shape index (κ1) is 9.64. The predicted octanol–water partition coefficient (Wildman–Crippen LogP) is 1.59. The first-order valence-electron chi connectivity index (χ1n) is 3.61. The third-order valence-electron chi connectivity index (χ3n) is 1.55. The zero-order valence-electron chi connectivity index (χ0n) is 6.48. The molecule has 2 nitrogen and oxygen atoms in total. The van der Waals surface area contributed by atoms with E-state index < -0.39 is 0 Å². The van der Waals surface area contributed by atoms with Gasteiger partial charge < -0.3 is 0 Å². The zero-order valence-corrected chi connectivity index (χ0v) is 8.07. The largest absolute Gasteiger partial charge is 0.271 e. The summed E-state index contributed by atoms with van der Waals surface area (Å²) in [6.45, 7) is 0.577. The van der Waals surface area contributed by atoms with Crippen molar-refractivity contribution in [2.45, 2.75) is 6.42 Å². The predicted molar refractivity (Wildman–Crippen MR) is 50.0 cm³/mol. The lowest BCUT2D eigenvalue weighted by Gasteiger charge is -2.02. The van der Waals surface area contributed by atoms with E-state index in [1.165, 1.54) is 6.07 Å². The van der Waals surface area contributed by atoms with Crippen LogP contribution in [0, 0.1) is 5.82 Å².